The number of nitrogens with zero attached hydrogens (tertiary/aromatic N) is 1. The third-order valence-electron chi connectivity index (χ3n) is 6.07. The smallest absolute Gasteiger partial charge is 0.326 e. The van der Waals surface area contributed by atoms with Gasteiger partial charge in [0.1, 0.15) is 18.1 Å². The van der Waals surface area contributed by atoms with E-state index in [0.717, 1.165) is 16.5 Å². The van der Waals surface area contributed by atoms with E-state index in [-0.39, 0.29) is 37.5 Å². The number of aromatic nitrogens is 1. The van der Waals surface area contributed by atoms with Crippen molar-refractivity contribution in [3.63, 3.8) is 0 Å². The summed E-state index contributed by atoms with van der Waals surface area (Å²) in [5, 5.41) is 18.0. The van der Waals surface area contributed by atoms with Gasteiger partial charge in [0.2, 0.25) is 17.7 Å². The Kier molecular flexibility index (Phi) is 13.6. The predicted octanol–water partition coefficient (Wildman–Crippen LogP) is -0.687. The Labute approximate surface area is 242 Å². The molecule has 11 N–H and O–H groups in total. The molecule has 3 amide bonds. The number of hydrogen-bond acceptors (Lipinski definition) is 8. The Bertz CT molecular complexity index is 1190. The number of H-pyrrole nitrogens is 1. The number of para-hydroxylation sites is 1. The number of hydrogen-bond donors (Lipinski definition) is 9. The lowest BCUT2D eigenvalue weighted by molar-refractivity contribution is -0.142. The first-order valence-electron chi connectivity index (χ1n) is 12.7. The van der Waals surface area contributed by atoms with Crippen molar-refractivity contribution in [1.82, 2.24) is 20.9 Å². The second kappa shape index (κ2) is 16.6. The summed E-state index contributed by atoms with van der Waals surface area (Å²) in [6, 6.07) is 3.35. The Morgan fingerprint density at radius 1 is 1.02 bits per heavy atom. The van der Waals surface area contributed by atoms with Crippen LogP contribution in [0.2, 0.25) is 0 Å². The first kappa shape index (κ1) is 32.8. The quantitative estimate of drug-likeness (QED) is 0.0488. The van der Waals surface area contributed by atoms with Crippen LogP contribution in [0.1, 0.15) is 24.8 Å². The Balaban J connectivity index is 2.10. The normalized spacial score (nSPS) is 14.0. The van der Waals surface area contributed by atoms with Gasteiger partial charge in [-0.3, -0.25) is 19.4 Å². The Morgan fingerprint density at radius 3 is 2.33 bits per heavy atom. The van der Waals surface area contributed by atoms with Gasteiger partial charge in [0.25, 0.3) is 0 Å². The van der Waals surface area contributed by atoms with Crippen molar-refractivity contribution in [1.29, 1.82) is 0 Å². The highest BCUT2D eigenvalue weighted by Crippen LogP contribution is 2.19. The number of thiol groups is 1. The molecule has 0 aliphatic heterocycles. The Morgan fingerprint density at radius 2 is 1.68 bits per heavy atom. The minimum Gasteiger partial charge on any atom is -0.480 e. The molecule has 0 aliphatic rings. The molecule has 0 aliphatic carbocycles. The molecule has 4 atom stereocenters. The van der Waals surface area contributed by atoms with Crippen molar-refractivity contribution in [3.8, 4) is 0 Å². The van der Waals surface area contributed by atoms with Crippen molar-refractivity contribution >= 4 is 64.9 Å². The molecule has 4 unspecified atom stereocenters. The third kappa shape index (κ3) is 10.3. The molecule has 40 heavy (non-hydrogen) atoms. The number of amides is 3. The van der Waals surface area contributed by atoms with Crippen LogP contribution in [0.4, 0.5) is 0 Å². The molecule has 1 aromatic carbocycles. The SMILES string of the molecule is CSCCC(NC(=O)C(CS)NC(=O)C(CCCN=C(N)N)NC(=O)C(N)Cc1c[nH]c2ccccc12)C(=O)O. The summed E-state index contributed by atoms with van der Waals surface area (Å²) in [6.07, 6.45) is 4.56. The second-order valence-electron chi connectivity index (χ2n) is 9.10. The van der Waals surface area contributed by atoms with Crippen LogP contribution < -0.4 is 33.2 Å². The van der Waals surface area contributed by atoms with Crippen LogP contribution in [0.15, 0.2) is 35.5 Å². The van der Waals surface area contributed by atoms with E-state index in [4.69, 9.17) is 17.2 Å². The third-order valence-corrected chi connectivity index (χ3v) is 7.08. The van der Waals surface area contributed by atoms with Gasteiger partial charge >= 0.3 is 5.97 Å². The summed E-state index contributed by atoms with van der Waals surface area (Å²) >= 11 is 5.60. The largest absolute Gasteiger partial charge is 0.480 e. The molecule has 0 saturated heterocycles. The van der Waals surface area contributed by atoms with E-state index in [2.05, 4.69) is 38.6 Å². The fraction of sp³-hybridized carbons (Fsp3) is 0.480. The number of carboxylic acid groups (broad SMARTS) is 1. The lowest BCUT2D eigenvalue weighted by Crippen LogP contribution is -2.57. The number of carboxylic acids is 1. The monoisotopic (exact) mass is 594 g/mol. The van der Waals surface area contributed by atoms with E-state index in [1.807, 2.05) is 30.5 Å². The topological polar surface area (TPSA) is 231 Å². The molecular formula is C25H38N8O5S2. The molecule has 1 heterocycles. The van der Waals surface area contributed by atoms with Gasteiger partial charge in [0, 0.05) is 29.4 Å². The van der Waals surface area contributed by atoms with E-state index < -0.39 is 47.9 Å². The van der Waals surface area contributed by atoms with Gasteiger partial charge in [-0.2, -0.15) is 24.4 Å². The second-order valence-corrected chi connectivity index (χ2v) is 10.5. The van der Waals surface area contributed by atoms with Crippen molar-refractivity contribution < 1.29 is 24.3 Å². The van der Waals surface area contributed by atoms with Gasteiger partial charge in [0.15, 0.2) is 5.96 Å². The van der Waals surface area contributed by atoms with Crippen LogP contribution in [0, 0.1) is 0 Å². The van der Waals surface area contributed by atoms with E-state index in [1.54, 1.807) is 6.20 Å². The number of aromatic amines is 1. The molecule has 0 saturated carbocycles. The number of fused-ring (bicyclic) bond motifs is 1. The highest BCUT2D eigenvalue weighted by molar-refractivity contribution is 7.98. The number of benzene rings is 1. The lowest BCUT2D eigenvalue weighted by Gasteiger charge is -2.24. The van der Waals surface area contributed by atoms with Crippen molar-refractivity contribution in [2.24, 2.45) is 22.2 Å². The molecule has 0 fully saturated rings. The number of carbonyl (C=O) groups is 4. The minimum absolute atomic E-state index is 0.0960. The molecule has 0 spiro atoms. The van der Waals surface area contributed by atoms with Gasteiger partial charge in [-0.15, -0.1) is 0 Å². The number of carbonyl (C=O) groups excluding carboxylic acids is 3. The maximum atomic E-state index is 13.2. The Hall–Kier alpha value is -3.43. The average Bonchev–Trinajstić information content (AvgIpc) is 3.33. The average molecular weight is 595 g/mol. The number of aliphatic carboxylic acids is 1. The fourth-order valence-electron chi connectivity index (χ4n) is 3.91. The first-order valence-corrected chi connectivity index (χ1v) is 14.7. The summed E-state index contributed by atoms with van der Waals surface area (Å²) in [6.45, 7) is 0.218. The maximum absolute atomic E-state index is 13.2. The predicted molar refractivity (Wildman–Crippen MR) is 160 cm³/mol. The van der Waals surface area contributed by atoms with Crippen LogP contribution in [-0.4, -0.2) is 88.2 Å². The van der Waals surface area contributed by atoms with E-state index in [1.165, 1.54) is 11.8 Å². The van der Waals surface area contributed by atoms with Crippen LogP contribution in [0.5, 0.6) is 0 Å². The standard InChI is InChI=1S/C25H38N8O5S2/c1-40-10-8-19(24(37)38)32-23(36)20(13-39)33-22(35)18(7-4-9-29-25(27)28)31-21(34)16(26)11-14-12-30-17-6-3-2-5-15(14)17/h2-3,5-6,12,16,18-20,30,39H,4,7-11,13,26H2,1H3,(H,31,34)(H,32,36)(H,33,35)(H,37,38)(H4,27,28,29). The van der Waals surface area contributed by atoms with E-state index >= 15 is 0 Å². The molecule has 13 nitrogen and oxygen atoms in total. The first-order chi connectivity index (χ1) is 19.1. The summed E-state index contributed by atoms with van der Waals surface area (Å²) in [7, 11) is 0. The minimum atomic E-state index is -1.18. The molecule has 1 aromatic heterocycles. The summed E-state index contributed by atoms with van der Waals surface area (Å²) < 4.78 is 0. The fourth-order valence-corrected chi connectivity index (χ4v) is 4.64. The number of nitrogens with two attached hydrogens (primary N) is 3. The van der Waals surface area contributed by atoms with Gasteiger partial charge in [-0.25, -0.2) is 4.79 Å². The molecule has 2 rings (SSSR count). The van der Waals surface area contributed by atoms with Gasteiger partial charge < -0.3 is 43.2 Å². The number of nitrogens with one attached hydrogen (secondary N) is 4. The summed E-state index contributed by atoms with van der Waals surface area (Å²) in [4.78, 5) is 57.5. The molecule has 220 valence electrons. The zero-order valence-corrected chi connectivity index (χ0v) is 24.0. The lowest BCUT2D eigenvalue weighted by atomic mass is 10.0. The number of aliphatic imine (C=N–C) groups is 1. The molecule has 0 bridgehead atoms. The highest BCUT2D eigenvalue weighted by Gasteiger charge is 2.29. The van der Waals surface area contributed by atoms with Gasteiger partial charge in [0.05, 0.1) is 6.04 Å². The van der Waals surface area contributed by atoms with E-state index in [0.29, 0.717) is 12.2 Å². The zero-order chi connectivity index (χ0) is 29.7. The van der Waals surface area contributed by atoms with E-state index in [9.17, 15) is 24.3 Å². The van der Waals surface area contributed by atoms with Crippen molar-refractivity contribution in [3.05, 3.63) is 36.0 Å². The molecule has 0 radical (unpaired) electrons. The molecule has 15 heteroatoms. The highest BCUT2D eigenvalue weighted by atomic mass is 32.2. The van der Waals surface area contributed by atoms with Crippen molar-refractivity contribution in [2.45, 2.75) is 49.9 Å². The van der Waals surface area contributed by atoms with Crippen LogP contribution in [0.3, 0.4) is 0 Å². The summed E-state index contributed by atoms with van der Waals surface area (Å²) in [5.74, 6) is -2.75. The number of guanidine groups is 1. The van der Waals surface area contributed by atoms with Crippen LogP contribution in [0.25, 0.3) is 10.9 Å². The van der Waals surface area contributed by atoms with Crippen LogP contribution >= 0.6 is 24.4 Å². The molecule has 2 aromatic rings. The van der Waals surface area contributed by atoms with Gasteiger partial charge in [-0.1, -0.05) is 18.2 Å². The summed E-state index contributed by atoms with van der Waals surface area (Å²) in [5.41, 5.74) is 18.7. The van der Waals surface area contributed by atoms with Crippen molar-refractivity contribution in [2.75, 3.05) is 24.3 Å². The number of thioether (sulfide) groups is 1. The van der Waals surface area contributed by atoms with Crippen LogP contribution in [-0.2, 0) is 25.6 Å². The maximum Gasteiger partial charge on any atom is 0.326 e. The molecular weight excluding hydrogens is 556 g/mol. The van der Waals surface area contributed by atoms with Gasteiger partial charge in [-0.05, 0) is 49.3 Å². The zero-order valence-electron chi connectivity index (χ0n) is 22.3. The number of rotatable bonds is 17.